The van der Waals surface area contributed by atoms with Crippen LogP contribution in [-0.2, 0) is 12.8 Å². The van der Waals surface area contributed by atoms with Crippen molar-refractivity contribution < 1.29 is 22.7 Å². The van der Waals surface area contributed by atoms with Crippen LogP contribution in [-0.4, -0.2) is 15.4 Å². The minimum absolute atomic E-state index is 0.0567. The van der Waals surface area contributed by atoms with Crippen LogP contribution in [0.1, 0.15) is 16.8 Å². The molecule has 0 saturated carbocycles. The molecule has 2 heterocycles. The predicted octanol–water partition coefficient (Wildman–Crippen LogP) is 5.24. The fraction of sp³-hybridized carbons (Fsp3) is 0.125. The third-order valence-electron chi connectivity index (χ3n) is 4.84. The summed E-state index contributed by atoms with van der Waals surface area (Å²) in [5.74, 6) is 0.458. The Morgan fingerprint density at radius 2 is 1.76 bits per heavy atom. The third kappa shape index (κ3) is 5.34. The molecule has 0 saturated heterocycles. The van der Waals surface area contributed by atoms with Crippen LogP contribution in [0, 0.1) is 6.92 Å². The van der Waals surface area contributed by atoms with Crippen LogP contribution < -0.4 is 20.9 Å². The summed E-state index contributed by atoms with van der Waals surface area (Å²) in [5.41, 5.74) is 0.754. The molecule has 174 valence electrons. The Morgan fingerprint density at radius 3 is 2.50 bits per heavy atom. The van der Waals surface area contributed by atoms with Crippen molar-refractivity contribution in [3.05, 3.63) is 100 Å². The van der Waals surface area contributed by atoms with Crippen LogP contribution >= 0.6 is 0 Å². The molecule has 2 amide bonds. The van der Waals surface area contributed by atoms with Gasteiger partial charge >= 0.3 is 12.2 Å². The number of nitrogens with zero attached hydrogens (tertiary/aromatic N) is 2. The van der Waals surface area contributed by atoms with Crippen molar-refractivity contribution in [2.24, 2.45) is 0 Å². The number of amides is 2. The summed E-state index contributed by atoms with van der Waals surface area (Å²) in [6, 6.07) is 15.1. The van der Waals surface area contributed by atoms with E-state index in [1.807, 2.05) is 13.0 Å². The van der Waals surface area contributed by atoms with Gasteiger partial charge in [-0.3, -0.25) is 9.20 Å². The largest absolute Gasteiger partial charge is 0.487 e. The third-order valence-corrected chi connectivity index (χ3v) is 4.84. The highest BCUT2D eigenvalue weighted by Gasteiger charge is 2.33. The van der Waals surface area contributed by atoms with Gasteiger partial charge in [0, 0.05) is 18.0 Å². The number of aromatic nitrogens is 2. The van der Waals surface area contributed by atoms with Gasteiger partial charge in [-0.05, 0) is 55.0 Å². The fourth-order valence-corrected chi connectivity index (χ4v) is 3.25. The highest BCUT2D eigenvalue weighted by atomic mass is 19.4. The second kappa shape index (κ2) is 9.26. The lowest BCUT2D eigenvalue weighted by Gasteiger charge is -2.14. The molecule has 2 aromatic heterocycles. The van der Waals surface area contributed by atoms with E-state index in [2.05, 4.69) is 15.6 Å². The topological polar surface area (TPSA) is 84.7 Å². The minimum atomic E-state index is -4.59. The number of rotatable bonds is 5. The molecule has 10 heteroatoms. The van der Waals surface area contributed by atoms with Crippen molar-refractivity contribution in [1.82, 2.24) is 9.38 Å². The van der Waals surface area contributed by atoms with Crippen molar-refractivity contribution in [2.75, 3.05) is 10.6 Å². The Bertz CT molecular complexity index is 1400. The Balaban J connectivity index is 1.38. The highest BCUT2D eigenvalue weighted by Crippen LogP contribution is 2.34. The molecular formula is C24H19F3N4O3. The average molecular weight is 468 g/mol. The second-order valence-corrected chi connectivity index (χ2v) is 7.46. The molecule has 0 radical (unpaired) electrons. The van der Waals surface area contributed by atoms with Gasteiger partial charge in [-0.25, -0.2) is 9.78 Å². The Kier molecular flexibility index (Phi) is 6.22. The van der Waals surface area contributed by atoms with Crippen LogP contribution in [0.5, 0.6) is 5.75 Å². The predicted molar refractivity (Wildman–Crippen MR) is 121 cm³/mol. The molecule has 0 bridgehead atoms. The number of hydrogen-bond acceptors (Lipinski definition) is 4. The zero-order valence-corrected chi connectivity index (χ0v) is 17.9. The molecule has 0 aliphatic carbocycles. The van der Waals surface area contributed by atoms with E-state index < -0.39 is 17.8 Å². The zero-order chi connectivity index (χ0) is 24.3. The van der Waals surface area contributed by atoms with Gasteiger partial charge in [-0.15, -0.1) is 0 Å². The van der Waals surface area contributed by atoms with Crippen molar-refractivity contribution in [1.29, 1.82) is 0 Å². The number of urea groups is 1. The molecule has 4 rings (SSSR count). The van der Waals surface area contributed by atoms with Crippen LogP contribution in [0.2, 0.25) is 0 Å². The van der Waals surface area contributed by atoms with Crippen LogP contribution in [0.3, 0.4) is 0 Å². The molecule has 0 spiro atoms. The van der Waals surface area contributed by atoms with E-state index in [-0.39, 0.29) is 17.9 Å². The number of carbonyl (C=O) groups excluding carboxylic acids is 1. The van der Waals surface area contributed by atoms with E-state index >= 15 is 0 Å². The zero-order valence-electron chi connectivity index (χ0n) is 17.9. The van der Waals surface area contributed by atoms with Gasteiger partial charge in [0.2, 0.25) is 0 Å². The monoisotopic (exact) mass is 468 g/mol. The van der Waals surface area contributed by atoms with Gasteiger partial charge in [0.25, 0.3) is 5.56 Å². The molecule has 2 aromatic carbocycles. The van der Waals surface area contributed by atoms with Gasteiger partial charge in [0.05, 0.1) is 16.9 Å². The van der Waals surface area contributed by atoms with Crippen LogP contribution in [0.4, 0.5) is 29.3 Å². The molecule has 4 aromatic rings. The Hall–Kier alpha value is -4.34. The maximum atomic E-state index is 13.1. The summed E-state index contributed by atoms with van der Waals surface area (Å²) < 4.78 is 46.3. The van der Waals surface area contributed by atoms with Crippen LogP contribution in [0.15, 0.2) is 77.7 Å². The second-order valence-electron chi connectivity index (χ2n) is 7.46. The van der Waals surface area contributed by atoms with E-state index in [1.165, 1.54) is 40.8 Å². The fourth-order valence-electron chi connectivity index (χ4n) is 3.25. The maximum Gasteiger partial charge on any atom is 0.418 e. The van der Waals surface area contributed by atoms with Crippen LogP contribution in [0.25, 0.3) is 5.65 Å². The lowest BCUT2D eigenvalue weighted by atomic mass is 10.1. The Morgan fingerprint density at radius 1 is 1.03 bits per heavy atom. The summed E-state index contributed by atoms with van der Waals surface area (Å²) in [6.45, 7) is 1.94. The normalized spacial score (nSPS) is 11.3. The number of halogens is 3. The summed E-state index contributed by atoms with van der Waals surface area (Å²) in [4.78, 5) is 28.8. The molecule has 34 heavy (non-hydrogen) atoms. The first-order valence-electron chi connectivity index (χ1n) is 10.1. The number of anilines is 2. The van der Waals surface area contributed by atoms with Crippen molar-refractivity contribution >= 4 is 23.1 Å². The summed E-state index contributed by atoms with van der Waals surface area (Å²) in [7, 11) is 0. The molecule has 0 fully saturated rings. The van der Waals surface area contributed by atoms with E-state index in [0.717, 1.165) is 11.6 Å². The number of alkyl halides is 3. The average Bonchev–Trinajstić information content (AvgIpc) is 2.79. The van der Waals surface area contributed by atoms with Crippen molar-refractivity contribution in [3.63, 3.8) is 0 Å². The maximum absolute atomic E-state index is 13.1. The number of hydrogen-bond donors (Lipinski definition) is 2. The molecule has 0 atom stereocenters. The number of para-hydroxylation sites is 1. The van der Waals surface area contributed by atoms with E-state index in [9.17, 15) is 22.8 Å². The van der Waals surface area contributed by atoms with Gasteiger partial charge < -0.3 is 15.4 Å². The Labute approximate surface area is 191 Å². The minimum Gasteiger partial charge on any atom is -0.487 e. The first kappa shape index (κ1) is 22.8. The van der Waals surface area contributed by atoms with Crippen molar-refractivity contribution in [2.45, 2.75) is 19.7 Å². The highest BCUT2D eigenvalue weighted by molar-refractivity contribution is 6.00. The lowest BCUT2D eigenvalue weighted by molar-refractivity contribution is -0.136. The van der Waals surface area contributed by atoms with Gasteiger partial charge in [0.15, 0.2) is 0 Å². The number of benzene rings is 2. The number of nitrogens with one attached hydrogen (secondary N) is 2. The van der Waals surface area contributed by atoms with Gasteiger partial charge in [-0.2, -0.15) is 13.2 Å². The van der Waals surface area contributed by atoms with Gasteiger partial charge in [0.1, 0.15) is 18.0 Å². The SMILES string of the molecule is Cc1ccc2nc(COc3ccc(NC(=O)Nc4ccccc4C(F)(F)F)cc3)cc(=O)n2c1. The van der Waals surface area contributed by atoms with Gasteiger partial charge in [-0.1, -0.05) is 18.2 Å². The standard InChI is InChI=1S/C24H19F3N4O3/c1-15-6-11-21-28-17(12-22(32)31(21)13-15)14-34-18-9-7-16(8-10-18)29-23(33)30-20-5-3-2-4-19(20)24(25,26)27/h2-13H,14H2,1H3,(H2,29,30,33). The summed E-state index contributed by atoms with van der Waals surface area (Å²) in [6.07, 6.45) is -2.88. The molecule has 0 aliphatic heterocycles. The molecular weight excluding hydrogens is 449 g/mol. The first-order chi connectivity index (χ1) is 16.2. The van der Waals surface area contributed by atoms with E-state index in [0.29, 0.717) is 22.8 Å². The molecule has 2 N–H and O–H groups in total. The lowest BCUT2D eigenvalue weighted by Crippen LogP contribution is -2.21. The molecule has 0 unspecified atom stereocenters. The molecule has 0 aliphatic rings. The quantitative estimate of drug-likeness (QED) is 0.419. The van der Waals surface area contributed by atoms with Crippen molar-refractivity contribution in [3.8, 4) is 5.75 Å². The number of aryl methyl sites for hydroxylation is 1. The number of pyridine rings is 1. The summed E-state index contributed by atoms with van der Waals surface area (Å²) in [5, 5.41) is 4.68. The van der Waals surface area contributed by atoms with E-state index in [4.69, 9.17) is 4.74 Å². The van der Waals surface area contributed by atoms with E-state index in [1.54, 1.807) is 24.4 Å². The smallest absolute Gasteiger partial charge is 0.418 e. The first-order valence-corrected chi connectivity index (χ1v) is 10.1. The number of fused-ring (bicyclic) bond motifs is 1. The number of carbonyl (C=O) groups is 1. The summed E-state index contributed by atoms with van der Waals surface area (Å²) >= 11 is 0. The molecule has 7 nitrogen and oxygen atoms in total. The number of ether oxygens (including phenoxy) is 1.